The lowest BCUT2D eigenvalue weighted by molar-refractivity contribution is 0.0730. The number of anilines is 1. The first kappa shape index (κ1) is 20.5. The minimum atomic E-state index is -3.60. The smallest absolute Gasteiger partial charge is 0.274 e. The third-order valence-corrected chi connectivity index (χ3v) is 6.50. The van der Waals surface area contributed by atoms with E-state index in [2.05, 4.69) is 15.3 Å². The van der Waals surface area contributed by atoms with Gasteiger partial charge in [0.25, 0.3) is 11.5 Å². The van der Waals surface area contributed by atoms with Gasteiger partial charge in [0.15, 0.2) is 0 Å². The Morgan fingerprint density at radius 1 is 1.29 bits per heavy atom. The first-order valence-electron chi connectivity index (χ1n) is 8.48. The molecule has 0 spiro atoms. The van der Waals surface area contributed by atoms with Gasteiger partial charge >= 0.3 is 0 Å². The quantitative estimate of drug-likeness (QED) is 0.707. The normalized spacial score (nSPS) is 15.3. The molecule has 1 aliphatic rings. The van der Waals surface area contributed by atoms with Crippen LogP contribution < -0.4 is 10.9 Å². The number of benzene rings is 1. The highest BCUT2D eigenvalue weighted by Gasteiger charge is 2.26. The molecule has 2 N–H and O–H groups in total. The van der Waals surface area contributed by atoms with E-state index in [4.69, 9.17) is 4.74 Å². The molecule has 1 saturated heterocycles. The zero-order valence-electron chi connectivity index (χ0n) is 15.2. The first-order chi connectivity index (χ1) is 13.4. The van der Waals surface area contributed by atoms with Crippen molar-refractivity contribution in [2.75, 3.05) is 37.9 Å². The van der Waals surface area contributed by atoms with Crippen molar-refractivity contribution in [3.8, 4) is 0 Å². The third kappa shape index (κ3) is 4.79. The Hall–Kier alpha value is -2.21. The molecule has 1 aliphatic heterocycles. The van der Waals surface area contributed by atoms with Crippen molar-refractivity contribution >= 4 is 33.4 Å². The van der Waals surface area contributed by atoms with Crippen molar-refractivity contribution in [3.63, 3.8) is 0 Å². The summed E-state index contributed by atoms with van der Waals surface area (Å²) in [5.74, 6) is 0.346. The zero-order chi connectivity index (χ0) is 20.1. The minimum Gasteiger partial charge on any atom is -0.379 e. The molecule has 1 aromatic heterocycles. The van der Waals surface area contributed by atoms with Gasteiger partial charge in [-0.15, -0.1) is 0 Å². The van der Waals surface area contributed by atoms with E-state index in [0.29, 0.717) is 43.6 Å². The number of carbonyl (C=O) groups excluding carboxylic acids is 1. The van der Waals surface area contributed by atoms with E-state index < -0.39 is 21.5 Å². The second kappa shape index (κ2) is 8.86. The van der Waals surface area contributed by atoms with E-state index in [1.165, 1.54) is 40.3 Å². The maximum atomic E-state index is 12.6. The van der Waals surface area contributed by atoms with Crippen molar-refractivity contribution < 1.29 is 17.9 Å². The average molecular weight is 425 g/mol. The molecule has 28 heavy (non-hydrogen) atoms. The second-order valence-corrected chi connectivity index (χ2v) is 8.81. The molecule has 0 saturated carbocycles. The Morgan fingerprint density at radius 2 is 1.96 bits per heavy atom. The number of hydrogen-bond acceptors (Lipinski definition) is 7. The van der Waals surface area contributed by atoms with Crippen LogP contribution in [0.2, 0.25) is 0 Å². The van der Waals surface area contributed by atoms with E-state index >= 15 is 0 Å². The molecule has 1 fully saturated rings. The molecular weight excluding hydrogens is 404 g/mol. The molecule has 2 aromatic rings. The van der Waals surface area contributed by atoms with Gasteiger partial charge in [-0.1, -0.05) is 0 Å². The highest BCUT2D eigenvalue weighted by molar-refractivity contribution is 7.97. The number of amides is 1. The van der Waals surface area contributed by atoms with Crippen LogP contribution in [-0.2, 0) is 20.5 Å². The predicted octanol–water partition coefficient (Wildman–Crippen LogP) is 0.906. The number of hydrogen-bond donors (Lipinski definition) is 2. The van der Waals surface area contributed by atoms with Gasteiger partial charge in [-0.25, -0.2) is 13.4 Å². The number of H-pyrrole nitrogens is 1. The van der Waals surface area contributed by atoms with Gasteiger partial charge in [0.2, 0.25) is 10.0 Å². The monoisotopic (exact) mass is 424 g/mol. The number of aromatic nitrogens is 2. The highest BCUT2D eigenvalue weighted by atomic mass is 32.2. The van der Waals surface area contributed by atoms with Crippen LogP contribution in [0.5, 0.6) is 0 Å². The molecule has 0 unspecified atom stereocenters. The fraction of sp³-hybridized carbons (Fsp3) is 0.353. The summed E-state index contributed by atoms with van der Waals surface area (Å²) in [5, 5.41) is 2.62. The SMILES string of the molecule is CSCc1nc(C(=O)Nc2ccc(S(=O)(=O)N3CCOCC3)cc2)cc(=O)[nH]1. The fourth-order valence-corrected chi connectivity index (χ4v) is 4.49. The molecular formula is C17H20N4O5S2. The molecule has 0 bridgehead atoms. The van der Waals surface area contributed by atoms with E-state index in [9.17, 15) is 18.0 Å². The molecule has 2 heterocycles. The van der Waals surface area contributed by atoms with Gasteiger partial charge in [-0.3, -0.25) is 9.59 Å². The third-order valence-electron chi connectivity index (χ3n) is 4.02. The van der Waals surface area contributed by atoms with Crippen LogP contribution in [0.15, 0.2) is 40.0 Å². The molecule has 1 aromatic carbocycles. The molecule has 9 nitrogen and oxygen atoms in total. The fourth-order valence-electron chi connectivity index (χ4n) is 2.67. The van der Waals surface area contributed by atoms with Crippen LogP contribution in [0.1, 0.15) is 16.3 Å². The maximum absolute atomic E-state index is 12.6. The summed E-state index contributed by atoms with van der Waals surface area (Å²) in [7, 11) is -3.60. The second-order valence-electron chi connectivity index (χ2n) is 6.01. The summed E-state index contributed by atoms with van der Waals surface area (Å²) in [5.41, 5.74) is -0.00612. The number of thioether (sulfide) groups is 1. The Kier molecular flexibility index (Phi) is 6.50. The number of rotatable bonds is 6. The molecule has 0 radical (unpaired) electrons. The number of carbonyl (C=O) groups is 1. The largest absolute Gasteiger partial charge is 0.379 e. The van der Waals surface area contributed by atoms with Gasteiger partial charge < -0.3 is 15.0 Å². The number of nitrogens with one attached hydrogen (secondary N) is 2. The molecule has 0 atom stereocenters. The van der Waals surface area contributed by atoms with Gasteiger partial charge in [0.05, 0.1) is 23.9 Å². The zero-order valence-corrected chi connectivity index (χ0v) is 16.8. The molecule has 150 valence electrons. The van der Waals surface area contributed by atoms with E-state index in [1.54, 1.807) is 0 Å². The highest BCUT2D eigenvalue weighted by Crippen LogP contribution is 2.19. The van der Waals surface area contributed by atoms with Gasteiger partial charge in [0.1, 0.15) is 11.5 Å². The number of sulfonamides is 1. The van der Waals surface area contributed by atoms with Crippen molar-refractivity contribution in [3.05, 3.63) is 52.2 Å². The average Bonchev–Trinajstić information content (AvgIpc) is 2.69. The Balaban J connectivity index is 1.74. The maximum Gasteiger partial charge on any atom is 0.274 e. The molecule has 1 amide bonds. The number of ether oxygens (including phenoxy) is 1. The van der Waals surface area contributed by atoms with Crippen molar-refractivity contribution in [2.24, 2.45) is 0 Å². The summed E-state index contributed by atoms with van der Waals surface area (Å²) in [6, 6.07) is 6.99. The van der Waals surface area contributed by atoms with Crippen molar-refractivity contribution in [2.45, 2.75) is 10.6 Å². The Bertz CT molecular complexity index is 999. The summed E-state index contributed by atoms with van der Waals surface area (Å²) >= 11 is 1.47. The van der Waals surface area contributed by atoms with Crippen LogP contribution in [-0.4, -0.2) is 61.2 Å². The van der Waals surface area contributed by atoms with E-state index in [-0.39, 0.29) is 10.6 Å². The summed E-state index contributed by atoms with van der Waals surface area (Å²) in [4.78, 5) is 30.9. The van der Waals surface area contributed by atoms with Gasteiger partial charge in [0, 0.05) is 24.8 Å². The van der Waals surface area contributed by atoms with Gasteiger partial charge in [-0.05, 0) is 30.5 Å². The minimum absolute atomic E-state index is 0.00202. The van der Waals surface area contributed by atoms with Crippen LogP contribution in [0, 0.1) is 0 Å². The predicted molar refractivity (Wildman–Crippen MR) is 106 cm³/mol. The standard InChI is InChI=1S/C17H20N4O5S2/c1-27-11-15-19-14(10-16(22)20-15)17(23)18-12-2-4-13(5-3-12)28(24,25)21-6-8-26-9-7-21/h2-5,10H,6-9,11H2,1H3,(H,18,23)(H,19,20,22). The van der Waals surface area contributed by atoms with Crippen LogP contribution in [0.3, 0.4) is 0 Å². The Morgan fingerprint density at radius 3 is 2.61 bits per heavy atom. The van der Waals surface area contributed by atoms with Gasteiger partial charge in [-0.2, -0.15) is 16.1 Å². The first-order valence-corrected chi connectivity index (χ1v) is 11.3. The summed E-state index contributed by atoms with van der Waals surface area (Å²) < 4.78 is 31.8. The molecule has 3 rings (SSSR count). The Labute approximate surface area is 166 Å². The van der Waals surface area contributed by atoms with Crippen molar-refractivity contribution in [1.82, 2.24) is 14.3 Å². The lowest BCUT2D eigenvalue weighted by atomic mass is 10.3. The number of aromatic amines is 1. The van der Waals surface area contributed by atoms with Crippen LogP contribution in [0.4, 0.5) is 5.69 Å². The van der Waals surface area contributed by atoms with E-state index in [0.717, 1.165) is 6.07 Å². The lowest BCUT2D eigenvalue weighted by Gasteiger charge is -2.26. The van der Waals surface area contributed by atoms with Crippen LogP contribution >= 0.6 is 11.8 Å². The molecule has 11 heteroatoms. The topological polar surface area (TPSA) is 121 Å². The lowest BCUT2D eigenvalue weighted by Crippen LogP contribution is -2.40. The number of nitrogens with zero attached hydrogens (tertiary/aromatic N) is 2. The summed E-state index contributed by atoms with van der Waals surface area (Å²) in [6.45, 7) is 1.37. The van der Waals surface area contributed by atoms with E-state index in [1.807, 2.05) is 6.26 Å². The summed E-state index contributed by atoms with van der Waals surface area (Å²) in [6.07, 6.45) is 1.86. The molecule has 0 aliphatic carbocycles. The van der Waals surface area contributed by atoms with Crippen molar-refractivity contribution in [1.29, 1.82) is 0 Å². The number of morpholine rings is 1. The van der Waals surface area contributed by atoms with Crippen LogP contribution in [0.25, 0.3) is 0 Å².